The van der Waals surface area contributed by atoms with E-state index in [2.05, 4.69) is 25.7 Å². The highest BCUT2D eigenvalue weighted by atomic mass is 16.5. The Hall–Kier alpha value is -0.570. The Kier molecular flexibility index (Phi) is 5.88. The molecule has 0 saturated carbocycles. The first kappa shape index (κ1) is 15.8. The molecule has 2 heterocycles. The third kappa shape index (κ3) is 3.19. The number of rotatable bonds is 5. The van der Waals surface area contributed by atoms with Gasteiger partial charge in [-0.1, -0.05) is 20.8 Å². The van der Waals surface area contributed by atoms with Crippen LogP contribution in [0.4, 0.5) is 0 Å². The Bertz CT molecular complexity index is 300. The molecule has 2 fully saturated rings. The molecule has 0 aliphatic carbocycles. The summed E-state index contributed by atoms with van der Waals surface area (Å²) in [7, 11) is 0. The minimum absolute atomic E-state index is 0.177. The molecule has 1 amide bonds. The molecule has 0 N–H and O–H groups in total. The standard InChI is InChI=1S/C17H31NO2/c1-4-14-9-10-15(5-2)18(14)17(19)16(6-3)13-8-7-11-20-12-13/h13-16H,4-12H2,1-3H3/t13?,14-,15?,16?/m1/s1. The summed E-state index contributed by atoms with van der Waals surface area (Å²) in [5.74, 6) is 1.03. The van der Waals surface area contributed by atoms with E-state index in [1.54, 1.807) is 0 Å². The van der Waals surface area contributed by atoms with E-state index >= 15 is 0 Å². The molecule has 3 nitrogen and oxygen atoms in total. The van der Waals surface area contributed by atoms with Gasteiger partial charge in [0.15, 0.2) is 0 Å². The van der Waals surface area contributed by atoms with E-state index in [0.717, 1.165) is 45.3 Å². The summed E-state index contributed by atoms with van der Waals surface area (Å²) in [5.41, 5.74) is 0. The molecular weight excluding hydrogens is 250 g/mol. The van der Waals surface area contributed by atoms with Crippen LogP contribution in [0.2, 0.25) is 0 Å². The highest BCUT2D eigenvalue weighted by Gasteiger charge is 2.39. The molecule has 0 bridgehead atoms. The van der Waals surface area contributed by atoms with E-state index in [9.17, 15) is 4.79 Å². The number of ether oxygens (including phenoxy) is 1. The zero-order valence-corrected chi connectivity index (χ0v) is 13.4. The average Bonchev–Trinajstić information content (AvgIpc) is 2.92. The highest BCUT2D eigenvalue weighted by Crippen LogP contribution is 2.34. The highest BCUT2D eigenvalue weighted by molar-refractivity contribution is 5.80. The topological polar surface area (TPSA) is 29.5 Å². The fourth-order valence-corrected chi connectivity index (χ4v) is 4.11. The number of amides is 1. The van der Waals surface area contributed by atoms with Crippen LogP contribution in [0.3, 0.4) is 0 Å². The van der Waals surface area contributed by atoms with Gasteiger partial charge in [-0.2, -0.15) is 0 Å². The molecule has 0 aromatic rings. The van der Waals surface area contributed by atoms with Crippen LogP contribution >= 0.6 is 0 Å². The van der Waals surface area contributed by atoms with Crippen LogP contribution in [0.5, 0.6) is 0 Å². The van der Waals surface area contributed by atoms with Gasteiger partial charge in [0.25, 0.3) is 0 Å². The van der Waals surface area contributed by atoms with E-state index in [4.69, 9.17) is 4.74 Å². The summed E-state index contributed by atoms with van der Waals surface area (Å²) in [6.07, 6.45) is 7.81. The van der Waals surface area contributed by atoms with Crippen molar-refractivity contribution in [3.63, 3.8) is 0 Å². The Balaban J connectivity index is 2.09. The van der Waals surface area contributed by atoms with Crippen molar-refractivity contribution in [2.45, 2.75) is 77.8 Å². The Morgan fingerprint density at radius 1 is 1.15 bits per heavy atom. The van der Waals surface area contributed by atoms with E-state index in [1.165, 1.54) is 12.8 Å². The molecule has 3 unspecified atom stereocenters. The quantitative estimate of drug-likeness (QED) is 0.770. The molecule has 2 saturated heterocycles. The van der Waals surface area contributed by atoms with Crippen molar-refractivity contribution in [2.75, 3.05) is 13.2 Å². The molecule has 2 rings (SSSR count). The first-order chi connectivity index (χ1) is 9.72. The van der Waals surface area contributed by atoms with Gasteiger partial charge in [-0.3, -0.25) is 4.79 Å². The average molecular weight is 281 g/mol. The Morgan fingerprint density at radius 3 is 2.25 bits per heavy atom. The Labute approximate surface area is 124 Å². The molecule has 0 radical (unpaired) electrons. The summed E-state index contributed by atoms with van der Waals surface area (Å²) in [6.45, 7) is 8.25. The molecule has 2 aliphatic rings. The third-order valence-corrected chi connectivity index (χ3v) is 5.34. The first-order valence-electron chi connectivity index (χ1n) is 8.62. The van der Waals surface area contributed by atoms with Crippen molar-refractivity contribution in [1.82, 2.24) is 4.90 Å². The van der Waals surface area contributed by atoms with Gasteiger partial charge in [0.2, 0.25) is 5.91 Å². The second kappa shape index (κ2) is 7.44. The van der Waals surface area contributed by atoms with Crippen LogP contribution in [0.15, 0.2) is 0 Å². The van der Waals surface area contributed by atoms with Crippen molar-refractivity contribution in [3.8, 4) is 0 Å². The molecule has 4 atom stereocenters. The maximum Gasteiger partial charge on any atom is 0.226 e. The largest absolute Gasteiger partial charge is 0.381 e. The number of likely N-dealkylation sites (tertiary alicyclic amines) is 1. The van der Waals surface area contributed by atoms with Gasteiger partial charge >= 0.3 is 0 Å². The summed E-state index contributed by atoms with van der Waals surface area (Å²) in [4.78, 5) is 15.3. The van der Waals surface area contributed by atoms with Crippen molar-refractivity contribution >= 4 is 5.91 Å². The van der Waals surface area contributed by atoms with Crippen molar-refractivity contribution in [2.24, 2.45) is 11.8 Å². The van der Waals surface area contributed by atoms with Crippen LogP contribution < -0.4 is 0 Å². The van der Waals surface area contributed by atoms with Gasteiger partial charge in [-0.05, 0) is 50.9 Å². The molecule has 0 aromatic carbocycles. The monoisotopic (exact) mass is 281 g/mol. The van der Waals surface area contributed by atoms with Crippen LogP contribution in [0, 0.1) is 11.8 Å². The fourth-order valence-electron chi connectivity index (χ4n) is 4.11. The maximum atomic E-state index is 13.1. The normalized spacial score (nSPS) is 32.4. The number of carbonyl (C=O) groups excluding carboxylic acids is 1. The number of hydrogen-bond donors (Lipinski definition) is 0. The third-order valence-electron chi connectivity index (χ3n) is 5.34. The second-order valence-corrected chi connectivity index (χ2v) is 6.44. The van der Waals surface area contributed by atoms with Crippen molar-refractivity contribution in [1.29, 1.82) is 0 Å². The Morgan fingerprint density at radius 2 is 1.80 bits per heavy atom. The predicted octanol–water partition coefficient (Wildman–Crippen LogP) is 3.62. The minimum Gasteiger partial charge on any atom is -0.381 e. The van der Waals surface area contributed by atoms with Gasteiger partial charge < -0.3 is 9.64 Å². The van der Waals surface area contributed by atoms with Gasteiger partial charge in [0.05, 0.1) is 6.61 Å². The van der Waals surface area contributed by atoms with Crippen LogP contribution in [-0.4, -0.2) is 36.1 Å². The molecule has 20 heavy (non-hydrogen) atoms. The number of nitrogens with zero attached hydrogens (tertiary/aromatic N) is 1. The van der Waals surface area contributed by atoms with Gasteiger partial charge in [-0.15, -0.1) is 0 Å². The SMILES string of the molecule is CCC(C(=O)N1C(CC)CC[C@H]1CC)C1CCCOC1. The van der Waals surface area contributed by atoms with Gasteiger partial charge in [-0.25, -0.2) is 0 Å². The minimum atomic E-state index is 0.177. The van der Waals surface area contributed by atoms with Gasteiger partial charge in [0.1, 0.15) is 0 Å². The first-order valence-corrected chi connectivity index (χ1v) is 8.62. The summed E-state index contributed by atoms with van der Waals surface area (Å²) < 4.78 is 5.61. The molecule has 0 aromatic heterocycles. The number of carbonyl (C=O) groups is 1. The van der Waals surface area contributed by atoms with E-state index in [0.29, 0.717) is 23.9 Å². The van der Waals surface area contributed by atoms with Crippen LogP contribution in [0.1, 0.15) is 65.7 Å². The lowest BCUT2D eigenvalue weighted by Gasteiger charge is -2.36. The summed E-state index contributed by atoms with van der Waals surface area (Å²) in [5, 5.41) is 0. The van der Waals surface area contributed by atoms with Crippen LogP contribution in [0.25, 0.3) is 0 Å². The lowest BCUT2D eigenvalue weighted by Crippen LogP contribution is -2.46. The molecule has 0 spiro atoms. The maximum absolute atomic E-state index is 13.1. The van der Waals surface area contributed by atoms with Crippen LogP contribution in [-0.2, 0) is 9.53 Å². The lowest BCUT2D eigenvalue weighted by molar-refractivity contribution is -0.142. The summed E-state index contributed by atoms with van der Waals surface area (Å²) >= 11 is 0. The summed E-state index contributed by atoms with van der Waals surface area (Å²) in [6, 6.07) is 0.956. The smallest absolute Gasteiger partial charge is 0.226 e. The predicted molar refractivity (Wildman–Crippen MR) is 81.6 cm³/mol. The molecule has 3 heteroatoms. The zero-order valence-electron chi connectivity index (χ0n) is 13.4. The van der Waals surface area contributed by atoms with E-state index in [-0.39, 0.29) is 5.92 Å². The zero-order chi connectivity index (χ0) is 14.5. The fraction of sp³-hybridized carbons (Fsp3) is 0.941. The molecular formula is C17H31NO2. The second-order valence-electron chi connectivity index (χ2n) is 6.44. The van der Waals surface area contributed by atoms with Gasteiger partial charge in [0, 0.05) is 24.6 Å². The molecule has 2 aliphatic heterocycles. The van der Waals surface area contributed by atoms with Crippen molar-refractivity contribution in [3.05, 3.63) is 0 Å². The number of hydrogen-bond acceptors (Lipinski definition) is 2. The molecule has 116 valence electrons. The van der Waals surface area contributed by atoms with E-state index in [1.807, 2.05) is 0 Å². The van der Waals surface area contributed by atoms with E-state index < -0.39 is 0 Å². The van der Waals surface area contributed by atoms with Crippen molar-refractivity contribution < 1.29 is 9.53 Å². The lowest BCUT2D eigenvalue weighted by atomic mass is 9.84.